The summed E-state index contributed by atoms with van der Waals surface area (Å²) >= 11 is 0. The van der Waals surface area contributed by atoms with E-state index in [2.05, 4.69) is 5.32 Å². The second-order valence-electron chi connectivity index (χ2n) is 7.67. The molecule has 1 aliphatic carbocycles. The van der Waals surface area contributed by atoms with Gasteiger partial charge in [-0.1, -0.05) is 54.6 Å². The molecule has 0 saturated heterocycles. The minimum absolute atomic E-state index is 0.0493. The number of halogens is 2. The van der Waals surface area contributed by atoms with Gasteiger partial charge in [0.1, 0.15) is 18.2 Å². The third-order valence-corrected chi connectivity index (χ3v) is 5.60. The zero-order valence-electron chi connectivity index (χ0n) is 17.1. The van der Waals surface area contributed by atoms with Crippen molar-refractivity contribution in [1.82, 2.24) is 5.32 Å². The molecule has 7 heteroatoms. The number of hydrogen-bond acceptors (Lipinski definition) is 3. The molecular formula is C25H21F2NO4. The molecule has 5 nitrogen and oxygen atoms in total. The van der Waals surface area contributed by atoms with E-state index >= 15 is 0 Å². The first-order valence-electron chi connectivity index (χ1n) is 10.2. The molecule has 32 heavy (non-hydrogen) atoms. The molecule has 0 unspecified atom stereocenters. The fourth-order valence-corrected chi connectivity index (χ4v) is 4.17. The molecule has 0 aliphatic heterocycles. The first-order valence-corrected chi connectivity index (χ1v) is 10.2. The van der Waals surface area contributed by atoms with Crippen LogP contribution in [0, 0.1) is 11.6 Å². The summed E-state index contributed by atoms with van der Waals surface area (Å²) < 4.78 is 33.4. The molecule has 2 N–H and O–H groups in total. The Kier molecular flexibility index (Phi) is 6.16. The van der Waals surface area contributed by atoms with Gasteiger partial charge in [-0.25, -0.2) is 13.6 Å². The predicted molar refractivity (Wildman–Crippen MR) is 114 cm³/mol. The van der Waals surface area contributed by atoms with Crippen molar-refractivity contribution in [3.8, 4) is 11.1 Å². The monoisotopic (exact) mass is 437 g/mol. The average Bonchev–Trinajstić information content (AvgIpc) is 3.08. The van der Waals surface area contributed by atoms with Crippen LogP contribution in [0.2, 0.25) is 0 Å². The number of carbonyl (C=O) groups excluding carboxylic acids is 1. The third-order valence-electron chi connectivity index (χ3n) is 5.60. The van der Waals surface area contributed by atoms with Crippen LogP contribution in [0.25, 0.3) is 11.1 Å². The van der Waals surface area contributed by atoms with Gasteiger partial charge in [0.05, 0.1) is 6.42 Å². The van der Waals surface area contributed by atoms with Gasteiger partial charge in [0.25, 0.3) is 0 Å². The Hall–Kier alpha value is -3.74. The van der Waals surface area contributed by atoms with E-state index in [1.165, 1.54) is 6.07 Å². The number of rotatable bonds is 7. The number of benzene rings is 3. The molecule has 4 rings (SSSR count). The van der Waals surface area contributed by atoms with Crippen molar-refractivity contribution in [3.63, 3.8) is 0 Å². The Morgan fingerprint density at radius 1 is 0.906 bits per heavy atom. The Labute approximate surface area is 183 Å². The number of carboxylic acids is 1. The topological polar surface area (TPSA) is 75.6 Å². The summed E-state index contributed by atoms with van der Waals surface area (Å²) in [5.74, 6) is -2.95. The van der Waals surface area contributed by atoms with E-state index in [-0.39, 0.29) is 24.5 Å². The molecule has 1 amide bonds. The number of alkyl carbamates (subject to hydrolysis) is 1. The van der Waals surface area contributed by atoms with Crippen molar-refractivity contribution in [2.45, 2.75) is 24.8 Å². The van der Waals surface area contributed by atoms with Crippen LogP contribution in [0.5, 0.6) is 0 Å². The van der Waals surface area contributed by atoms with Crippen molar-refractivity contribution in [3.05, 3.63) is 95.1 Å². The van der Waals surface area contributed by atoms with E-state index < -0.39 is 36.2 Å². The summed E-state index contributed by atoms with van der Waals surface area (Å²) in [6, 6.07) is 18.1. The summed E-state index contributed by atoms with van der Waals surface area (Å²) in [4.78, 5) is 23.7. The van der Waals surface area contributed by atoms with Crippen LogP contribution >= 0.6 is 0 Å². The van der Waals surface area contributed by atoms with Crippen LogP contribution in [0.1, 0.15) is 29.0 Å². The maximum absolute atomic E-state index is 14.0. The lowest BCUT2D eigenvalue weighted by Crippen LogP contribution is -2.39. The smallest absolute Gasteiger partial charge is 0.407 e. The lowest BCUT2D eigenvalue weighted by molar-refractivity contribution is -0.137. The van der Waals surface area contributed by atoms with Gasteiger partial charge < -0.3 is 15.2 Å². The van der Waals surface area contributed by atoms with Gasteiger partial charge in [-0.2, -0.15) is 0 Å². The fraction of sp³-hybridized carbons (Fsp3) is 0.200. The summed E-state index contributed by atoms with van der Waals surface area (Å²) in [6.45, 7) is 0.0493. The first-order chi connectivity index (χ1) is 15.4. The standard InChI is InChI=1S/C25H21F2NO4/c26-22-10-5-11-23(27)20(22)12-15(13-24(29)30)28-25(31)32-14-21-18-8-3-1-6-16(18)17-7-2-4-9-19(17)21/h1-11,15,21H,12-14H2,(H,28,31)(H,29,30)/t15-/m0/s1. The van der Waals surface area contributed by atoms with Gasteiger partial charge >= 0.3 is 12.1 Å². The second-order valence-corrected chi connectivity index (χ2v) is 7.67. The zero-order chi connectivity index (χ0) is 22.7. The van der Waals surface area contributed by atoms with Gasteiger partial charge in [-0.15, -0.1) is 0 Å². The number of ether oxygens (including phenoxy) is 1. The second kappa shape index (κ2) is 9.18. The highest BCUT2D eigenvalue weighted by Gasteiger charge is 2.29. The van der Waals surface area contributed by atoms with E-state index in [1.54, 1.807) is 0 Å². The Morgan fingerprint density at radius 3 is 2.03 bits per heavy atom. The highest BCUT2D eigenvalue weighted by molar-refractivity contribution is 5.79. The minimum Gasteiger partial charge on any atom is -0.481 e. The number of carboxylic acid groups (broad SMARTS) is 1. The Bertz CT molecular complexity index is 1100. The fourth-order valence-electron chi connectivity index (χ4n) is 4.17. The zero-order valence-corrected chi connectivity index (χ0v) is 17.1. The highest BCUT2D eigenvalue weighted by atomic mass is 19.1. The van der Waals surface area contributed by atoms with E-state index in [1.807, 2.05) is 48.5 Å². The van der Waals surface area contributed by atoms with Crippen LogP contribution in [0.3, 0.4) is 0 Å². The molecule has 0 heterocycles. The number of amides is 1. The van der Waals surface area contributed by atoms with E-state index in [9.17, 15) is 18.4 Å². The lowest BCUT2D eigenvalue weighted by atomic mass is 9.98. The molecule has 1 aliphatic rings. The van der Waals surface area contributed by atoms with E-state index in [0.717, 1.165) is 34.4 Å². The Morgan fingerprint density at radius 2 is 1.47 bits per heavy atom. The number of fused-ring (bicyclic) bond motifs is 3. The van der Waals surface area contributed by atoms with Gasteiger partial charge in [0.15, 0.2) is 0 Å². The van der Waals surface area contributed by atoms with Gasteiger partial charge in [-0.05, 0) is 40.8 Å². The lowest BCUT2D eigenvalue weighted by Gasteiger charge is -2.19. The molecule has 0 spiro atoms. The molecule has 0 fully saturated rings. The third kappa shape index (κ3) is 4.46. The van der Waals surface area contributed by atoms with Gasteiger partial charge in [-0.3, -0.25) is 4.79 Å². The average molecular weight is 437 g/mol. The van der Waals surface area contributed by atoms with Crippen molar-refractivity contribution < 1.29 is 28.2 Å². The number of hydrogen-bond donors (Lipinski definition) is 2. The summed E-state index contributed by atoms with van der Waals surface area (Å²) in [5.41, 5.74) is 3.96. The SMILES string of the molecule is O=C(O)C[C@H](Cc1c(F)cccc1F)NC(=O)OCC1c2ccccc2-c2ccccc21. The van der Waals surface area contributed by atoms with Crippen LogP contribution in [0.15, 0.2) is 66.7 Å². The summed E-state index contributed by atoms with van der Waals surface area (Å²) in [7, 11) is 0. The van der Waals surface area contributed by atoms with Gasteiger partial charge in [0, 0.05) is 17.5 Å². The van der Waals surface area contributed by atoms with Crippen molar-refractivity contribution in [1.29, 1.82) is 0 Å². The number of nitrogens with one attached hydrogen (secondary N) is 1. The molecule has 164 valence electrons. The van der Waals surface area contributed by atoms with Crippen LogP contribution in [-0.4, -0.2) is 29.8 Å². The maximum Gasteiger partial charge on any atom is 0.407 e. The van der Waals surface area contributed by atoms with E-state index in [4.69, 9.17) is 9.84 Å². The van der Waals surface area contributed by atoms with Crippen LogP contribution in [0.4, 0.5) is 13.6 Å². The molecule has 0 radical (unpaired) electrons. The molecule has 0 aromatic heterocycles. The number of carbonyl (C=O) groups is 2. The Balaban J connectivity index is 1.46. The van der Waals surface area contributed by atoms with Crippen LogP contribution < -0.4 is 5.32 Å². The molecule has 0 bridgehead atoms. The van der Waals surface area contributed by atoms with Crippen molar-refractivity contribution in [2.24, 2.45) is 0 Å². The van der Waals surface area contributed by atoms with Crippen LogP contribution in [-0.2, 0) is 16.0 Å². The number of aliphatic carboxylic acids is 1. The molecule has 3 aromatic rings. The normalized spacial score (nSPS) is 13.2. The van der Waals surface area contributed by atoms with Gasteiger partial charge in [0.2, 0.25) is 0 Å². The quantitative estimate of drug-likeness (QED) is 0.552. The molecule has 0 saturated carbocycles. The van der Waals surface area contributed by atoms with E-state index in [0.29, 0.717) is 0 Å². The highest BCUT2D eigenvalue weighted by Crippen LogP contribution is 2.44. The molecule has 3 aromatic carbocycles. The summed E-state index contributed by atoms with van der Waals surface area (Å²) in [6.07, 6.45) is -1.65. The first kappa shape index (κ1) is 21.5. The molecule has 1 atom stereocenters. The molecular weight excluding hydrogens is 416 g/mol. The van der Waals surface area contributed by atoms with Crippen molar-refractivity contribution >= 4 is 12.1 Å². The predicted octanol–water partition coefficient (Wildman–Crippen LogP) is 4.89. The summed E-state index contributed by atoms with van der Waals surface area (Å²) in [5, 5.41) is 11.6. The van der Waals surface area contributed by atoms with Crippen molar-refractivity contribution in [2.75, 3.05) is 6.61 Å². The maximum atomic E-state index is 14.0. The largest absolute Gasteiger partial charge is 0.481 e. The minimum atomic E-state index is -1.20.